The minimum absolute atomic E-state index is 0.0246. The van der Waals surface area contributed by atoms with E-state index in [0.717, 1.165) is 11.1 Å². The van der Waals surface area contributed by atoms with Gasteiger partial charge in [0.1, 0.15) is 11.5 Å². The van der Waals surface area contributed by atoms with E-state index in [1.54, 1.807) is 36.4 Å². The predicted molar refractivity (Wildman–Crippen MR) is 75.3 cm³/mol. The highest BCUT2D eigenvalue weighted by atomic mass is 16.5. The first-order valence-corrected chi connectivity index (χ1v) is 6.19. The highest BCUT2D eigenvalue weighted by Crippen LogP contribution is 2.33. The van der Waals surface area contributed by atoms with Crippen LogP contribution in [0.1, 0.15) is 24.0 Å². The van der Waals surface area contributed by atoms with Gasteiger partial charge in [0.15, 0.2) is 11.5 Å². The summed E-state index contributed by atoms with van der Waals surface area (Å²) in [5.74, 6) is 0.0321. The van der Waals surface area contributed by atoms with E-state index in [1.807, 2.05) is 0 Å². The zero-order valence-corrected chi connectivity index (χ0v) is 11.3. The molecule has 0 aliphatic heterocycles. The molecule has 0 radical (unpaired) electrons. The third-order valence-electron chi connectivity index (χ3n) is 3.17. The average Bonchev–Trinajstić information content (AvgIpc) is 2.42. The van der Waals surface area contributed by atoms with Gasteiger partial charge in [0, 0.05) is 0 Å². The summed E-state index contributed by atoms with van der Waals surface area (Å²) in [5, 5.41) is 18.9. The van der Waals surface area contributed by atoms with Crippen molar-refractivity contribution < 1.29 is 19.7 Å². The third-order valence-corrected chi connectivity index (χ3v) is 3.17. The Balaban J connectivity index is 2.48. The zero-order valence-electron chi connectivity index (χ0n) is 11.3. The molecule has 104 valence electrons. The highest BCUT2D eigenvalue weighted by Gasteiger charge is 2.20. The van der Waals surface area contributed by atoms with Crippen molar-refractivity contribution >= 4 is 5.78 Å². The van der Waals surface area contributed by atoms with Crippen molar-refractivity contribution in [3.05, 3.63) is 53.6 Å². The van der Waals surface area contributed by atoms with E-state index in [-0.39, 0.29) is 17.3 Å². The number of benzene rings is 2. The van der Waals surface area contributed by atoms with Gasteiger partial charge >= 0.3 is 0 Å². The largest absolute Gasteiger partial charge is 0.508 e. The van der Waals surface area contributed by atoms with Crippen LogP contribution in [0, 0.1) is 0 Å². The van der Waals surface area contributed by atoms with Gasteiger partial charge in [-0.2, -0.15) is 0 Å². The molecule has 0 aliphatic carbocycles. The Hall–Kier alpha value is -2.49. The maximum Gasteiger partial charge on any atom is 0.160 e. The van der Waals surface area contributed by atoms with Crippen molar-refractivity contribution in [3.8, 4) is 17.2 Å². The van der Waals surface area contributed by atoms with Gasteiger partial charge in [-0.15, -0.1) is 0 Å². The van der Waals surface area contributed by atoms with Crippen molar-refractivity contribution in [1.82, 2.24) is 0 Å². The maximum atomic E-state index is 11.9. The normalized spacial score (nSPS) is 11.9. The Morgan fingerprint density at radius 1 is 1.05 bits per heavy atom. The van der Waals surface area contributed by atoms with E-state index in [9.17, 15) is 15.0 Å². The van der Waals surface area contributed by atoms with Crippen molar-refractivity contribution in [1.29, 1.82) is 0 Å². The zero-order chi connectivity index (χ0) is 14.7. The van der Waals surface area contributed by atoms with E-state index >= 15 is 0 Å². The van der Waals surface area contributed by atoms with E-state index in [2.05, 4.69) is 0 Å². The summed E-state index contributed by atoms with van der Waals surface area (Å²) in [6.45, 7) is 1.51. The number of Topliss-reactive ketones (excluding diaryl/α,β-unsaturated/α-hetero) is 1. The molecule has 0 bridgehead atoms. The number of phenols is 2. The van der Waals surface area contributed by atoms with Crippen LogP contribution in [0.25, 0.3) is 0 Å². The molecule has 0 spiro atoms. The molecule has 0 fully saturated rings. The standard InChI is InChI=1S/C16H16O4/c1-10(17)16(11-3-6-13(18)7-4-11)12-5-8-14(19)15(9-12)20-2/h3-9,16,18-19H,1-2H3. The van der Waals surface area contributed by atoms with E-state index < -0.39 is 5.92 Å². The summed E-state index contributed by atoms with van der Waals surface area (Å²) >= 11 is 0. The number of hydrogen-bond donors (Lipinski definition) is 2. The molecular formula is C16H16O4. The number of rotatable bonds is 4. The number of phenolic OH excluding ortho intramolecular Hbond substituents is 2. The van der Waals surface area contributed by atoms with Gasteiger partial charge in [-0.25, -0.2) is 0 Å². The molecule has 0 saturated carbocycles. The molecule has 0 aliphatic rings. The first kappa shape index (κ1) is 13.9. The molecule has 4 nitrogen and oxygen atoms in total. The number of hydrogen-bond acceptors (Lipinski definition) is 4. The van der Waals surface area contributed by atoms with Gasteiger partial charge in [0.2, 0.25) is 0 Å². The number of methoxy groups -OCH3 is 1. The second-order valence-corrected chi connectivity index (χ2v) is 4.57. The second kappa shape index (κ2) is 5.65. The fourth-order valence-electron chi connectivity index (χ4n) is 2.20. The Morgan fingerprint density at radius 3 is 2.20 bits per heavy atom. The summed E-state index contributed by atoms with van der Waals surface area (Å²) in [6, 6.07) is 11.4. The molecular weight excluding hydrogens is 256 g/mol. The number of aromatic hydroxyl groups is 2. The van der Waals surface area contributed by atoms with E-state index in [1.165, 1.54) is 20.1 Å². The minimum Gasteiger partial charge on any atom is -0.508 e. The molecule has 0 saturated heterocycles. The van der Waals surface area contributed by atoms with Crippen molar-refractivity contribution in [2.75, 3.05) is 7.11 Å². The summed E-state index contributed by atoms with van der Waals surface area (Å²) < 4.78 is 5.07. The van der Waals surface area contributed by atoms with Crippen LogP contribution in [0.2, 0.25) is 0 Å². The molecule has 0 heterocycles. The summed E-state index contributed by atoms with van der Waals surface area (Å²) in [5.41, 5.74) is 1.51. The summed E-state index contributed by atoms with van der Waals surface area (Å²) in [6.07, 6.45) is 0. The molecule has 4 heteroatoms. The van der Waals surface area contributed by atoms with Crippen LogP contribution in [0.15, 0.2) is 42.5 Å². The van der Waals surface area contributed by atoms with Crippen LogP contribution in [0.5, 0.6) is 17.2 Å². The van der Waals surface area contributed by atoms with Crippen molar-refractivity contribution in [2.45, 2.75) is 12.8 Å². The molecule has 0 aromatic heterocycles. The molecule has 1 atom stereocenters. The van der Waals surface area contributed by atoms with Gasteiger partial charge in [-0.3, -0.25) is 4.79 Å². The van der Waals surface area contributed by atoms with E-state index in [4.69, 9.17) is 4.74 Å². The van der Waals surface area contributed by atoms with Gasteiger partial charge < -0.3 is 14.9 Å². The molecule has 2 aromatic carbocycles. The van der Waals surface area contributed by atoms with Crippen LogP contribution in [-0.2, 0) is 4.79 Å². The van der Waals surface area contributed by atoms with Gasteiger partial charge in [0.05, 0.1) is 13.0 Å². The number of carbonyl (C=O) groups is 1. The summed E-state index contributed by atoms with van der Waals surface area (Å²) in [7, 11) is 1.46. The Labute approximate surface area is 117 Å². The third kappa shape index (κ3) is 2.74. The lowest BCUT2D eigenvalue weighted by molar-refractivity contribution is -0.117. The lowest BCUT2D eigenvalue weighted by Gasteiger charge is -2.16. The first-order valence-electron chi connectivity index (χ1n) is 6.19. The van der Waals surface area contributed by atoms with Crippen LogP contribution in [-0.4, -0.2) is 23.1 Å². The Bertz CT molecular complexity index is 617. The average molecular weight is 272 g/mol. The topological polar surface area (TPSA) is 66.8 Å². The molecule has 1 unspecified atom stereocenters. The quantitative estimate of drug-likeness (QED) is 0.898. The first-order chi connectivity index (χ1) is 9.52. The lowest BCUT2D eigenvalue weighted by Crippen LogP contribution is -2.10. The molecule has 2 aromatic rings. The maximum absolute atomic E-state index is 11.9. The van der Waals surface area contributed by atoms with Crippen LogP contribution < -0.4 is 4.74 Å². The molecule has 0 amide bonds. The van der Waals surface area contributed by atoms with Crippen molar-refractivity contribution in [3.63, 3.8) is 0 Å². The fraction of sp³-hybridized carbons (Fsp3) is 0.188. The molecule has 2 rings (SSSR count). The molecule has 20 heavy (non-hydrogen) atoms. The van der Waals surface area contributed by atoms with Crippen LogP contribution >= 0.6 is 0 Å². The van der Waals surface area contributed by atoms with Crippen molar-refractivity contribution in [2.24, 2.45) is 0 Å². The summed E-state index contributed by atoms with van der Waals surface area (Å²) in [4.78, 5) is 11.9. The van der Waals surface area contributed by atoms with Crippen LogP contribution in [0.3, 0.4) is 0 Å². The predicted octanol–water partition coefficient (Wildman–Crippen LogP) is 2.83. The Morgan fingerprint density at radius 2 is 1.65 bits per heavy atom. The van der Waals surface area contributed by atoms with Gasteiger partial charge in [-0.1, -0.05) is 18.2 Å². The monoisotopic (exact) mass is 272 g/mol. The molecule has 2 N–H and O–H groups in total. The number of ketones is 1. The number of carbonyl (C=O) groups excluding carboxylic acids is 1. The minimum atomic E-state index is -0.454. The van der Waals surface area contributed by atoms with Gasteiger partial charge in [0.25, 0.3) is 0 Å². The van der Waals surface area contributed by atoms with Crippen LogP contribution in [0.4, 0.5) is 0 Å². The Kier molecular flexibility index (Phi) is 3.94. The fourth-order valence-corrected chi connectivity index (χ4v) is 2.20. The SMILES string of the molecule is COc1cc(C(C(C)=O)c2ccc(O)cc2)ccc1O. The smallest absolute Gasteiger partial charge is 0.160 e. The van der Waals surface area contributed by atoms with E-state index in [0.29, 0.717) is 5.75 Å². The second-order valence-electron chi connectivity index (χ2n) is 4.57. The lowest BCUT2D eigenvalue weighted by atomic mass is 9.88. The van der Waals surface area contributed by atoms with Gasteiger partial charge in [-0.05, 0) is 42.3 Å². The number of ether oxygens (including phenoxy) is 1. The highest BCUT2D eigenvalue weighted by molar-refractivity contribution is 5.87.